The Labute approximate surface area is 99.7 Å². The molecule has 1 rings (SSSR count). The van der Waals surface area contributed by atoms with Crippen LogP contribution in [0.4, 0.5) is 5.69 Å². The number of nitrogens with zero attached hydrogens (tertiary/aromatic N) is 1. The van der Waals surface area contributed by atoms with Crippen molar-refractivity contribution in [2.45, 2.75) is 6.92 Å². The SMILES string of the molecule is COc1cc(C(C)=O)c([N+](=O)[O-])cc1I. The van der Waals surface area contributed by atoms with Crippen LogP contribution < -0.4 is 4.74 Å². The van der Waals surface area contributed by atoms with Crippen LogP contribution in [0.5, 0.6) is 5.75 Å². The first-order valence-corrected chi connectivity index (χ1v) is 5.08. The monoisotopic (exact) mass is 321 g/mol. The number of benzene rings is 1. The molecule has 0 saturated heterocycles. The molecule has 0 bridgehead atoms. The summed E-state index contributed by atoms with van der Waals surface area (Å²) in [5, 5.41) is 10.7. The van der Waals surface area contributed by atoms with Gasteiger partial charge in [0.2, 0.25) is 0 Å². The van der Waals surface area contributed by atoms with Gasteiger partial charge in [-0.3, -0.25) is 14.9 Å². The normalized spacial score (nSPS) is 9.80. The number of nitro benzene ring substituents is 1. The fraction of sp³-hybridized carbons (Fsp3) is 0.222. The number of halogens is 1. The average Bonchev–Trinajstić information content (AvgIpc) is 2.16. The highest BCUT2D eigenvalue weighted by atomic mass is 127. The fourth-order valence-corrected chi connectivity index (χ4v) is 1.80. The van der Waals surface area contributed by atoms with Crippen molar-refractivity contribution in [3.63, 3.8) is 0 Å². The van der Waals surface area contributed by atoms with Gasteiger partial charge in [0.05, 0.1) is 21.2 Å². The summed E-state index contributed by atoms with van der Waals surface area (Å²) in [6, 6.07) is 2.72. The lowest BCUT2D eigenvalue weighted by Crippen LogP contribution is -2.02. The Morgan fingerprint density at radius 2 is 2.13 bits per heavy atom. The molecule has 0 saturated carbocycles. The Morgan fingerprint density at radius 3 is 2.53 bits per heavy atom. The van der Waals surface area contributed by atoms with E-state index in [1.165, 1.54) is 26.2 Å². The number of carbonyl (C=O) groups excluding carboxylic acids is 1. The van der Waals surface area contributed by atoms with Gasteiger partial charge >= 0.3 is 0 Å². The quantitative estimate of drug-likeness (QED) is 0.371. The molecule has 1 aromatic carbocycles. The van der Waals surface area contributed by atoms with E-state index in [0.717, 1.165) is 0 Å². The van der Waals surface area contributed by atoms with Gasteiger partial charge in [0.15, 0.2) is 5.78 Å². The third-order valence-electron chi connectivity index (χ3n) is 1.85. The molecule has 0 aliphatic rings. The fourth-order valence-electron chi connectivity index (χ4n) is 1.13. The molecule has 0 heterocycles. The molecule has 0 fully saturated rings. The van der Waals surface area contributed by atoms with Crippen molar-refractivity contribution < 1.29 is 14.5 Å². The molecule has 0 spiro atoms. The molecule has 6 heteroatoms. The van der Waals surface area contributed by atoms with Gasteiger partial charge in [-0.1, -0.05) is 0 Å². The van der Waals surface area contributed by atoms with E-state index in [9.17, 15) is 14.9 Å². The number of nitro groups is 1. The first-order chi connectivity index (χ1) is 6.97. The number of carbonyl (C=O) groups is 1. The zero-order chi connectivity index (χ0) is 11.6. The van der Waals surface area contributed by atoms with E-state index in [2.05, 4.69) is 0 Å². The van der Waals surface area contributed by atoms with Gasteiger partial charge in [0, 0.05) is 6.07 Å². The minimum atomic E-state index is -0.571. The Hall–Kier alpha value is -1.18. The first kappa shape index (κ1) is 11.9. The number of methoxy groups -OCH3 is 1. The molecular formula is C9H8INO4. The Bertz CT molecular complexity index is 430. The summed E-state index contributed by atoms with van der Waals surface area (Å²) < 4.78 is 5.59. The number of hydrogen-bond acceptors (Lipinski definition) is 4. The minimum absolute atomic E-state index is 0.0669. The lowest BCUT2D eigenvalue weighted by Gasteiger charge is -2.05. The Balaban J connectivity index is 3.45. The van der Waals surface area contributed by atoms with Gasteiger partial charge in [-0.2, -0.15) is 0 Å². The third kappa shape index (κ3) is 2.44. The highest BCUT2D eigenvalue weighted by Gasteiger charge is 2.20. The summed E-state index contributed by atoms with van der Waals surface area (Å²) in [5.41, 5.74) is -0.120. The molecule has 0 aliphatic carbocycles. The third-order valence-corrected chi connectivity index (χ3v) is 2.69. The van der Waals surface area contributed by atoms with E-state index in [4.69, 9.17) is 4.74 Å². The second-order valence-corrected chi connectivity index (χ2v) is 3.98. The summed E-state index contributed by atoms with van der Waals surface area (Å²) in [4.78, 5) is 21.3. The van der Waals surface area contributed by atoms with Crippen LogP contribution in [0.3, 0.4) is 0 Å². The first-order valence-electron chi connectivity index (χ1n) is 4.00. The van der Waals surface area contributed by atoms with Gasteiger partial charge < -0.3 is 4.74 Å². The number of Topliss-reactive ketones (excluding diaryl/α,β-unsaturated/α-hetero) is 1. The summed E-state index contributed by atoms with van der Waals surface area (Å²) >= 11 is 1.92. The van der Waals surface area contributed by atoms with E-state index >= 15 is 0 Å². The molecule has 0 aliphatic heterocycles. The topological polar surface area (TPSA) is 69.4 Å². The standard InChI is InChI=1S/C9H8INO4/c1-5(12)6-3-9(15-2)7(10)4-8(6)11(13)14/h3-4H,1-2H3. The van der Waals surface area contributed by atoms with Crippen LogP contribution in [-0.2, 0) is 0 Å². The maximum atomic E-state index is 11.2. The molecule has 80 valence electrons. The van der Waals surface area contributed by atoms with Gasteiger partial charge in [-0.05, 0) is 35.6 Å². The van der Waals surface area contributed by atoms with Crippen molar-refractivity contribution >= 4 is 34.1 Å². The van der Waals surface area contributed by atoms with E-state index < -0.39 is 4.92 Å². The van der Waals surface area contributed by atoms with Gasteiger partial charge in [0.25, 0.3) is 5.69 Å². The van der Waals surface area contributed by atoms with Crippen LogP contribution >= 0.6 is 22.6 Å². The summed E-state index contributed by atoms with van der Waals surface area (Å²) in [5.74, 6) is 0.114. The predicted octanol–water partition coefficient (Wildman–Crippen LogP) is 2.41. The van der Waals surface area contributed by atoms with Gasteiger partial charge in [-0.25, -0.2) is 0 Å². The number of ketones is 1. The highest BCUT2D eigenvalue weighted by Crippen LogP contribution is 2.29. The lowest BCUT2D eigenvalue weighted by atomic mass is 10.1. The van der Waals surface area contributed by atoms with Gasteiger partial charge in [-0.15, -0.1) is 0 Å². The van der Waals surface area contributed by atoms with Crippen LogP contribution in [0, 0.1) is 13.7 Å². The molecule has 0 atom stereocenters. The number of ether oxygens (including phenoxy) is 1. The lowest BCUT2D eigenvalue weighted by molar-refractivity contribution is -0.385. The van der Waals surface area contributed by atoms with Crippen molar-refractivity contribution in [2.24, 2.45) is 0 Å². The van der Waals surface area contributed by atoms with E-state index in [1.54, 1.807) is 0 Å². The van der Waals surface area contributed by atoms with E-state index in [1.807, 2.05) is 22.6 Å². The molecule has 5 nitrogen and oxygen atoms in total. The predicted molar refractivity (Wildman–Crippen MR) is 62.4 cm³/mol. The van der Waals surface area contributed by atoms with E-state index in [-0.39, 0.29) is 17.0 Å². The molecule has 0 unspecified atom stereocenters. The second kappa shape index (κ2) is 4.56. The van der Waals surface area contributed by atoms with Crippen LogP contribution in [0.15, 0.2) is 12.1 Å². The van der Waals surface area contributed by atoms with Crippen molar-refractivity contribution in [3.8, 4) is 5.75 Å². The summed E-state index contributed by atoms with van der Waals surface area (Å²) in [7, 11) is 1.45. The van der Waals surface area contributed by atoms with Gasteiger partial charge in [0.1, 0.15) is 5.75 Å². The zero-order valence-electron chi connectivity index (χ0n) is 8.11. The van der Waals surface area contributed by atoms with Crippen molar-refractivity contribution in [3.05, 3.63) is 31.4 Å². The highest BCUT2D eigenvalue weighted by molar-refractivity contribution is 14.1. The number of hydrogen-bond donors (Lipinski definition) is 0. The zero-order valence-corrected chi connectivity index (χ0v) is 10.3. The van der Waals surface area contributed by atoms with Crippen LogP contribution in [0.1, 0.15) is 17.3 Å². The maximum Gasteiger partial charge on any atom is 0.281 e. The van der Waals surface area contributed by atoms with Crippen molar-refractivity contribution in [1.29, 1.82) is 0 Å². The molecule has 0 aromatic heterocycles. The molecule has 0 N–H and O–H groups in total. The Morgan fingerprint density at radius 1 is 1.53 bits per heavy atom. The minimum Gasteiger partial charge on any atom is -0.496 e. The van der Waals surface area contributed by atoms with Crippen LogP contribution in [-0.4, -0.2) is 17.8 Å². The number of rotatable bonds is 3. The molecule has 0 amide bonds. The Kier molecular flexibility index (Phi) is 3.61. The van der Waals surface area contributed by atoms with Crippen molar-refractivity contribution in [2.75, 3.05) is 7.11 Å². The summed E-state index contributed by atoms with van der Waals surface area (Å²) in [6.07, 6.45) is 0. The van der Waals surface area contributed by atoms with Crippen LogP contribution in [0.25, 0.3) is 0 Å². The van der Waals surface area contributed by atoms with Crippen LogP contribution in [0.2, 0.25) is 0 Å². The average molecular weight is 321 g/mol. The molecule has 15 heavy (non-hydrogen) atoms. The smallest absolute Gasteiger partial charge is 0.281 e. The molecular weight excluding hydrogens is 313 g/mol. The molecule has 0 radical (unpaired) electrons. The largest absolute Gasteiger partial charge is 0.496 e. The second-order valence-electron chi connectivity index (χ2n) is 2.82. The maximum absolute atomic E-state index is 11.2. The molecule has 1 aromatic rings. The van der Waals surface area contributed by atoms with Crippen molar-refractivity contribution in [1.82, 2.24) is 0 Å². The summed E-state index contributed by atoms with van der Waals surface area (Å²) in [6.45, 7) is 1.29. The van der Waals surface area contributed by atoms with E-state index in [0.29, 0.717) is 9.32 Å².